The second kappa shape index (κ2) is 6.12. The van der Waals surface area contributed by atoms with Crippen molar-refractivity contribution in [3.05, 3.63) is 28.2 Å². The van der Waals surface area contributed by atoms with Crippen molar-refractivity contribution in [3.8, 4) is 5.75 Å². The molecule has 1 fully saturated rings. The number of carbonyl (C=O) groups excluding carboxylic acids is 2. The predicted octanol–water partition coefficient (Wildman–Crippen LogP) is 1.93. The van der Waals surface area contributed by atoms with Gasteiger partial charge in [-0.05, 0) is 25.0 Å². The first-order valence-electron chi connectivity index (χ1n) is 5.73. The van der Waals surface area contributed by atoms with Crippen LogP contribution in [0.1, 0.15) is 12.8 Å². The van der Waals surface area contributed by atoms with Gasteiger partial charge in [0.05, 0.1) is 5.02 Å². The molecule has 0 spiro atoms. The van der Waals surface area contributed by atoms with Crippen LogP contribution in [0.3, 0.4) is 0 Å². The number of carbonyl (C=O) groups is 2. The van der Waals surface area contributed by atoms with E-state index in [0.29, 0.717) is 15.8 Å². The van der Waals surface area contributed by atoms with Crippen LogP contribution in [0.25, 0.3) is 0 Å². The quantitative estimate of drug-likeness (QED) is 0.835. The Kier molecular flexibility index (Phi) is 4.50. The van der Waals surface area contributed by atoms with E-state index in [1.165, 1.54) is 6.07 Å². The number of hydrazine groups is 1. The third-order valence-corrected chi connectivity index (χ3v) is 3.07. The summed E-state index contributed by atoms with van der Waals surface area (Å²) in [6.45, 7) is -0.259. The summed E-state index contributed by atoms with van der Waals surface area (Å²) in [5.41, 5.74) is 4.60. The number of halogens is 2. The van der Waals surface area contributed by atoms with Gasteiger partial charge in [-0.1, -0.05) is 23.2 Å². The Bertz CT molecular complexity index is 504. The molecule has 102 valence electrons. The predicted molar refractivity (Wildman–Crippen MR) is 71.0 cm³/mol. The molecule has 5 nitrogen and oxygen atoms in total. The molecular formula is C12H12Cl2N2O3. The van der Waals surface area contributed by atoms with E-state index in [1.54, 1.807) is 12.1 Å². The van der Waals surface area contributed by atoms with Gasteiger partial charge < -0.3 is 4.74 Å². The summed E-state index contributed by atoms with van der Waals surface area (Å²) >= 11 is 11.7. The zero-order valence-corrected chi connectivity index (χ0v) is 11.4. The van der Waals surface area contributed by atoms with Gasteiger partial charge in [0.25, 0.3) is 5.91 Å². The van der Waals surface area contributed by atoms with Crippen LogP contribution in [0.4, 0.5) is 0 Å². The van der Waals surface area contributed by atoms with Crippen LogP contribution in [0.15, 0.2) is 18.2 Å². The molecule has 1 saturated carbocycles. The lowest BCUT2D eigenvalue weighted by Gasteiger charge is -2.09. The Balaban J connectivity index is 1.76. The smallest absolute Gasteiger partial charge is 0.276 e. The lowest BCUT2D eigenvalue weighted by atomic mass is 10.3. The summed E-state index contributed by atoms with van der Waals surface area (Å²) in [5, 5.41) is 0.820. The molecular weight excluding hydrogens is 291 g/mol. The third-order valence-electron chi connectivity index (χ3n) is 2.53. The number of ether oxygens (including phenoxy) is 1. The van der Waals surface area contributed by atoms with E-state index < -0.39 is 5.91 Å². The molecule has 0 saturated heterocycles. The minimum atomic E-state index is -0.468. The van der Waals surface area contributed by atoms with E-state index in [-0.39, 0.29) is 18.4 Å². The molecule has 1 aromatic rings. The minimum Gasteiger partial charge on any atom is -0.482 e. The Morgan fingerprint density at radius 3 is 2.68 bits per heavy atom. The van der Waals surface area contributed by atoms with Gasteiger partial charge in [0.2, 0.25) is 5.91 Å². The highest BCUT2D eigenvalue weighted by molar-refractivity contribution is 6.34. The zero-order valence-electron chi connectivity index (χ0n) is 9.91. The van der Waals surface area contributed by atoms with Crippen LogP contribution >= 0.6 is 23.2 Å². The average Bonchev–Trinajstić information content (AvgIpc) is 3.21. The Morgan fingerprint density at radius 1 is 1.26 bits per heavy atom. The minimum absolute atomic E-state index is 0.0311. The highest BCUT2D eigenvalue weighted by Gasteiger charge is 2.29. The molecule has 19 heavy (non-hydrogen) atoms. The summed E-state index contributed by atoms with van der Waals surface area (Å²) in [7, 11) is 0. The third kappa shape index (κ3) is 4.29. The lowest BCUT2D eigenvalue weighted by Crippen LogP contribution is -2.44. The fourth-order valence-corrected chi connectivity index (χ4v) is 1.68. The van der Waals surface area contributed by atoms with Crippen molar-refractivity contribution >= 4 is 35.0 Å². The van der Waals surface area contributed by atoms with Gasteiger partial charge in [-0.3, -0.25) is 20.4 Å². The SMILES string of the molecule is O=C(COc1cc(Cl)ccc1Cl)NNC(=O)C1CC1. The maximum absolute atomic E-state index is 11.4. The van der Waals surface area contributed by atoms with Crippen molar-refractivity contribution in [2.24, 2.45) is 5.92 Å². The molecule has 7 heteroatoms. The molecule has 1 aromatic carbocycles. The second-order valence-corrected chi connectivity index (χ2v) is 5.02. The number of hydrogen-bond acceptors (Lipinski definition) is 3. The monoisotopic (exact) mass is 302 g/mol. The summed E-state index contributed by atoms with van der Waals surface area (Å²) in [6, 6.07) is 4.71. The molecule has 0 bridgehead atoms. The summed E-state index contributed by atoms with van der Waals surface area (Å²) in [6.07, 6.45) is 1.74. The molecule has 0 aliphatic heterocycles. The van der Waals surface area contributed by atoms with Gasteiger partial charge in [-0.15, -0.1) is 0 Å². The van der Waals surface area contributed by atoms with E-state index in [4.69, 9.17) is 27.9 Å². The summed E-state index contributed by atoms with van der Waals surface area (Å²) < 4.78 is 5.21. The Morgan fingerprint density at radius 2 is 2.00 bits per heavy atom. The Labute approximate surface area is 120 Å². The molecule has 0 aromatic heterocycles. The largest absolute Gasteiger partial charge is 0.482 e. The molecule has 2 rings (SSSR count). The number of benzene rings is 1. The second-order valence-electron chi connectivity index (χ2n) is 4.18. The summed E-state index contributed by atoms with van der Waals surface area (Å²) in [4.78, 5) is 22.7. The van der Waals surface area contributed by atoms with Gasteiger partial charge in [0.15, 0.2) is 6.61 Å². The molecule has 1 aliphatic rings. The molecule has 2 amide bonds. The van der Waals surface area contributed by atoms with Crippen molar-refractivity contribution in [1.29, 1.82) is 0 Å². The number of nitrogens with one attached hydrogen (secondary N) is 2. The fourth-order valence-electron chi connectivity index (χ4n) is 1.35. The van der Waals surface area contributed by atoms with E-state index >= 15 is 0 Å². The first-order valence-corrected chi connectivity index (χ1v) is 6.48. The van der Waals surface area contributed by atoms with Gasteiger partial charge in [-0.25, -0.2) is 0 Å². The maximum Gasteiger partial charge on any atom is 0.276 e. The van der Waals surface area contributed by atoms with Crippen molar-refractivity contribution in [2.75, 3.05) is 6.61 Å². The number of amides is 2. The van der Waals surface area contributed by atoms with Crippen LogP contribution in [-0.2, 0) is 9.59 Å². The van der Waals surface area contributed by atoms with Crippen LogP contribution in [0.2, 0.25) is 10.0 Å². The number of rotatable bonds is 4. The molecule has 0 radical (unpaired) electrons. The first-order chi connectivity index (χ1) is 9.06. The Hall–Kier alpha value is -1.46. The maximum atomic E-state index is 11.4. The standard InChI is InChI=1S/C12H12Cl2N2O3/c13-8-3-4-9(14)10(5-8)19-6-11(17)15-16-12(18)7-1-2-7/h3-5,7H,1-2,6H2,(H,15,17)(H,16,18). The highest BCUT2D eigenvalue weighted by Crippen LogP contribution is 2.28. The van der Waals surface area contributed by atoms with Gasteiger partial charge in [-0.2, -0.15) is 0 Å². The normalized spacial score (nSPS) is 13.8. The van der Waals surface area contributed by atoms with Crippen LogP contribution in [-0.4, -0.2) is 18.4 Å². The van der Waals surface area contributed by atoms with Crippen LogP contribution < -0.4 is 15.6 Å². The van der Waals surface area contributed by atoms with Crippen molar-refractivity contribution in [3.63, 3.8) is 0 Å². The average molecular weight is 303 g/mol. The topological polar surface area (TPSA) is 67.4 Å². The molecule has 0 atom stereocenters. The molecule has 1 aliphatic carbocycles. The fraction of sp³-hybridized carbons (Fsp3) is 0.333. The lowest BCUT2D eigenvalue weighted by molar-refractivity contribution is -0.130. The van der Waals surface area contributed by atoms with Gasteiger partial charge in [0, 0.05) is 17.0 Å². The molecule has 0 heterocycles. The van der Waals surface area contributed by atoms with E-state index in [9.17, 15) is 9.59 Å². The highest BCUT2D eigenvalue weighted by atomic mass is 35.5. The van der Waals surface area contributed by atoms with Crippen LogP contribution in [0, 0.1) is 5.92 Å². The van der Waals surface area contributed by atoms with Crippen molar-refractivity contribution < 1.29 is 14.3 Å². The molecule has 0 unspecified atom stereocenters. The first kappa shape index (κ1) is 14.0. The summed E-state index contributed by atoms with van der Waals surface area (Å²) in [5.74, 6) is -0.291. The van der Waals surface area contributed by atoms with Crippen molar-refractivity contribution in [1.82, 2.24) is 10.9 Å². The zero-order chi connectivity index (χ0) is 13.8. The van der Waals surface area contributed by atoms with Gasteiger partial charge in [0.1, 0.15) is 5.75 Å². The molecule has 2 N–H and O–H groups in total. The van der Waals surface area contributed by atoms with Gasteiger partial charge >= 0.3 is 0 Å². The van der Waals surface area contributed by atoms with E-state index in [2.05, 4.69) is 10.9 Å². The van der Waals surface area contributed by atoms with Crippen LogP contribution in [0.5, 0.6) is 5.75 Å². The van der Waals surface area contributed by atoms with E-state index in [1.807, 2.05) is 0 Å². The van der Waals surface area contributed by atoms with E-state index in [0.717, 1.165) is 12.8 Å². The number of hydrogen-bond donors (Lipinski definition) is 2. The van der Waals surface area contributed by atoms with Crippen molar-refractivity contribution in [2.45, 2.75) is 12.8 Å².